The molecule has 2 amide bonds. The van der Waals surface area contributed by atoms with Crippen molar-refractivity contribution in [1.29, 1.82) is 5.26 Å². The smallest absolute Gasteiger partial charge is 0.475 e. The van der Waals surface area contributed by atoms with E-state index in [4.69, 9.17) is 4.74 Å². The Morgan fingerprint density at radius 3 is 2.41 bits per heavy atom. The lowest BCUT2D eigenvalue weighted by Crippen LogP contribution is -2.48. The molecule has 0 heterocycles. The van der Waals surface area contributed by atoms with Crippen molar-refractivity contribution in [2.45, 2.75) is 51.5 Å². The number of benzene rings is 2. The van der Waals surface area contributed by atoms with Gasteiger partial charge in [-0.05, 0) is 56.4 Å². The average Bonchev–Trinajstić information content (AvgIpc) is 2.79. The van der Waals surface area contributed by atoms with E-state index in [1.165, 1.54) is 0 Å². The lowest BCUT2D eigenvalue weighted by Gasteiger charge is -2.18. The molecule has 2 rings (SSSR count). The number of aryl methyl sites for hydroxylation is 1. The standard InChI is InChI=1S/C25H32BN3O5/c1-18(2)28-25(31)21(17-27)12-11-20-9-6-10-22(15-20)34-14-13-24(30)29-23(26(32)33)16-19-7-4-3-5-8-19/h3-10,15,18,21,23,32-33H,11-14,16H2,1-2H3,(H,28,31)(H,29,30)/t21?,23-/m0/s1. The minimum absolute atomic E-state index is 0.0217. The van der Waals surface area contributed by atoms with E-state index in [-0.39, 0.29) is 30.9 Å². The van der Waals surface area contributed by atoms with Gasteiger partial charge in [-0.2, -0.15) is 5.26 Å². The summed E-state index contributed by atoms with van der Waals surface area (Å²) < 4.78 is 5.68. The van der Waals surface area contributed by atoms with Crippen LogP contribution in [0.15, 0.2) is 54.6 Å². The molecule has 2 atom stereocenters. The van der Waals surface area contributed by atoms with Gasteiger partial charge in [-0.25, -0.2) is 0 Å². The summed E-state index contributed by atoms with van der Waals surface area (Å²) in [6.07, 6.45) is 1.28. The monoisotopic (exact) mass is 465 g/mol. The molecule has 9 heteroatoms. The van der Waals surface area contributed by atoms with E-state index in [2.05, 4.69) is 16.7 Å². The minimum Gasteiger partial charge on any atom is -0.493 e. The third kappa shape index (κ3) is 9.65. The Labute approximate surface area is 201 Å². The van der Waals surface area contributed by atoms with Gasteiger partial charge in [0.25, 0.3) is 0 Å². The molecule has 0 saturated heterocycles. The lowest BCUT2D eigenvalue weighted by atomic mass is 9.76. The Morgan fingerprint density at radius 1 is 1.06 bits per heavy atom. The zero-order valence-electron chi connectivity index (χ0n) is 19.6. The Kier molecular flexibility index (Phi) is 11.1. The van der Waals surface area contributed by atoms with Crippen LogP contribution >= 0.6 is 0 Å². The van der Waals surface area contributed by atoms with Crippen molar-refractivity contribution in [3.8, 4) is 11.8 Å². The highest BCUT2D eigenvalue weighted by atomic mass is 16.5. The van der Waals surface area contributed by atoms with Crippen molar-refractivity contribution in [3.63, 3.8) is 0 Å². The van der Waals surface area contributed by atoms with Crippen LogP contribution in [0.3, 0.4) is 0 Å². The van der Waals surface area contributed by atoms with Gasteiger partial charge < -0.3 is 25.4 Å². The molecule has 2 aromatic carbocycles. The second-order valence-corrected chi connectivity index (χ2v) is 8.41. The fourth-order valence-corrected chi connectivity index (χ4v) is 3.38. The normalized spacial score (nSPS) is 12.4. The maximum atomic E-state index is 12.3. The van der Waals surface area contributed by atoms with E-state index in [1.54, 1.807) is 6.07 Å². The molecule has 4 N–H and O–H groups in total. The number of nitriles is 1. The zero-order chi connectivity index (χ0) is 24.9. The highest BCUT2D eigenvalue weighted by molar-refractivity contribution is 6.43. The predicted molar refractivity (Wildman–Crippen MR) is 130 cm³/mol. The first-order valence-corrected chi connectivity index (χ1v) is 11.4. The molecule has 0 saturated carbocycles. The van der Waals surface area contributed by atoms with Crippen LogP contribution < -0.4 is 15.4 Å². The molecule has 0 aliphatic heterocycles. The van der Waals surface area contributed by atoms with E-state index in [0.29, 0.717) is 25.0 Å². The van der Waals surface area contributed by atoms with Crippen molar-refractivity contribution < 1.29 is 24.4 Å². The minimum atomic E-state index is -1.68. The topological polar surface area (TPSA) is 132 Å². The molecular formula is C25H32BN3O5. The first-order chi connectivity index (χ1) is 16.3. The molecule has 2 aromatic rings. The summed E-state index contributed by atoms with van der Waals surface area (Å²) in [4.78, 5) is 24.3. The van der Waals surface area contributed by atoms with Gasteiger partial charge in [0.2, 0.25) is 11.8 Å². The second kappa shape index (κ2) is 14.0. The highest BCUT2D eigenvalue weighted by Gasteiger charge is 2.25. The van der Waals surface area contributed by atoms with Crippen LogP contribution in [-0.2, 0) is 22.4 Å². The van der Waals surface area contributed by atoms with Gasteiger partial charge in [-0.1, -0.05) is 42.5 Å². The number of hydrogen-bond donors (Lipinski definition) is 4. The first-order valence-electron chi connectivity index (χ1n) is 11.4. The van der Waals surface area contributed by atoms with E-state index in [0.717, 1.165) is 11.1 Å². The molecule has 0 aliphatic rings. The molecule has 180 valence electrons. The molecule has 1 unspecified atom stereocenters. The number of ether oxygens (including phenoxy) is 1. The van der Waals surface area contributed by atoms with Gasteiger partial charge in [0, 0.05) is 6.04 Å². The number of nitrogens with one attached hydrogen (secondary N) is 2. The molecule has 0 radical (unpaired) electrons. The third-order valence-electron chi connectivity index (χ3n) is 5.13. The number of amides is 2. The molecule has 0 aromatic heterocycles. The summed E-state index contributed by atoms with van der Waals surface area (Å²) >= 11 is 0. The summed E-state index contributed by atoms with van der Waals surface area (Å²) in [5.41, 5.74) is 1.81. The number of carbonyl (C=O) groups excluding carboxylic acids is 2. The number of rotatable bonds is 13. The SMILES string of the molecule is CC(C)NC(=O)C(C#N)CCc1cccc(OCCC(=O)N[C@@H](Cc2ccccc2)B(O)O)c1. The quantitative estimate of drug-likeness (QED) is 0.334. The molecular weight excluding hydrogens is 433 g/mol. The number of carbonyl (C=O) groups is 2. The maximum Gasteiger partial charge on any atom is 0.475 e. The van der Waals surface area contributed by atoms with Gasteiger partial charge in [-0.15, -0.1) is 0 Å². The van der Waals surface area contributed by atoms with Crippen LogP contribution in [0.25, 0.3) is 0 Å². The Bertz CT molecular complexity index is 963. The highest BCUT2D eigenvalue weighted by Crippen LogP contribution is 2.17. The van der Waals surface area contributed by atoms with E-state index in [9.17, 15) is 24.9 Å². The van der Waals surface area contributed by atoms with Crippen molar-refractivity contribution in [3.05, 3.63) is 65.7 Å². The molecule has 34 heavy (non-hydrogen) atoms. The summed E-state index contributed by atoms with van der Waals surface area (Å²) in [5, 5.41) is 33.9. The number of hydrogen-bond acceptors (Lipinski definition) is 6. The van der Waals surface area contributed by atoms with Crippen LogP contribution in [0, 0.1) is 17.2 Å². The van der Waals surface area contributed by atoms with Crippen molar-refractivity contribution >= 4 is 18.9 Å². The summed E-state index contributed by atoms with van der Waals surface area (Å²) in [7, 11) is -1.68. The van der Waals surface area contributed by atoms with Crippen molar-refractivity contribution in [2.24, 2.45) is 5.92 Å². The molecule has 0 bridgehead atoms. The molecule has 0 spiro atoms. The van der Waals surface area contributed by atoms with Gasteiger partial charge in [0.1, 0.15) is 11.7 Å². The lowest BCUT2D eigenvalue weighted by molar-refractivity contribution is -0.124. The second-order valence-electron chi connectivity index (χ2n) is 8.41. The van der Waals surface area contributed by atoms with Gasteiger partial charge in [-0.3, -0.25) is 9.59 Å². The van der Waals surface area contributed by atoms with Crippen LogP contribution in [0.2, 0.25) is 0 Å². The van der Waals surface area contributed by atoms with Gasteiger partial charge in [0.05, 0.1) is 25.0 Å². The van der Waals surface area contributed by atoms with E-state index < -0.39 is 19.0 Å². The average molecular weight is 465 g/mol. The van der Waals surface area contributed by atoms with Crippen LogP contribution in [-0.4, -0.2) is 47.6 Å². The number of nitrogens with zero attached hydrogens (tertiary/aromatic N) is 1. The van der Waals surface area contributed by atoms with Gasteiger partial charge >= 0.3 is 7.12 Å². The van der Waals surface area contributed by atoms with Crippen LogP contribution in [0.4, 0.5) is 0 Å². The van der Waals surface area contributed by atoms with Crippen molar-refractivity contribution in [2.75, 3.05) is 6.61 Å². The fraction of sp³-hybridized carbons (Fsp3) is 0.400. The van der Waals surface area contributed by atoms with E-state index in [1.807, 2.05) is 62.4 Å². The Balaban J connectivity index is 1.81. The Hall–Kier alpha value is -3.35. The molecule has 0 fully saturated rings. The largest absolute Gasteiger partial charge is 0.493 e. The predicted octanol–water partition coefficient (Wildman–Crippen LogP) is 1.79. The fourth-order valence-electron chi connectivity index (χ4n) is 3.38. The Morgan fingerprint density at radius 2 is 1.76 bits per heavy atom. The zero-order valence-corrected chi connectivity index (χ0v) is 19.6. The van der Waals surface area contributed by atoms with Crippen LogP contribution in [0.1, 0.15) is 37.8 Å². The summed E-state index contributed by atoms with van der Waals surface area (Å²) in [6, 6.07) is 18.6. The first kappa shape index (κ1) is 26.9. The summed E-state index contributed by atoms with van der Waals surface area (Å²) in [5.74, 6) is -1.58. The van der Waals surface area contributed by atoms with Gasteiger partial charge in [0.15, 0.2) is 0 Å². The van der Waals surface area contributed by atoms with Crippen LogP contribution in [0.5, 0.6) is 5.75 Å². The molecule has 8 nitrogen and oxygen atoms in total. The van der Waals surface area contributed by atoms with Crippen molar-refractivity contribution in [1.82, 2.24) is 10.6 Å². The van der Waals surface area contributed by atoms with E-state index >= 15 is 0 Å². The molecule has 0 aliphatic carbocycles. The maximum absolute atomic E-state index is 12.3. The third-order valence-corrected chi connectivity index (χ3v) is 5.13. The summed E-state index contributed by atoms with van der Waals surface area (Å²) in [6.45, 7) is 3.82.